The Morgan fingerprint density at radius 2 is 2.21 bits per heavy atom. The molecule has 0 aromatic carbocycles. The quantitative estimate of drug-likeness (QED) is 0.545. The Bertz CT molecular complexity index is 386. The van der Waals surface area contributed by atoms with Gasteiger partial charge in [-0.15, -0.1) is 0 Å². The molecule has 1 aliphatic rings. The largest absolute Gasteiger partial charge is 0.370 e. The van der Waals surface area contributed by atoms with Gasteiger partial charge in [-0.2, -0.15) is 0 Å². The number of aryl methyl sites for hydroxylation is 1. The average molecular weight is 264 g/mol. The molecule has 1 unspecified atom stereocenters. The average Bonchev–Trinajstić information content (AvgIpc) is 2.44. The van der Waals surface area contributed by atoms with Gasteiger partial charge in [-0.1, -0.05) is 6.92 Å². The molecule has 0 saturated carbocycles. The molecule has 2 rings (SSSR count). The van der Waals surface area contributed by atoms with Gasteiger partial charge >= 0.3 is 0 Å². The molecule has 1 aliphatic heterocycles. The van der Waals surface area contributed by atoms with Crippen LogP contribution in [0.4, 0.5) is 11.6 Å². The van der Waals surface area contributed by atoms with Gasteiger partial charge in [-0.05, 0) is 32.4 Å². The highest BCUT2D eigenvalue weighted by Crippen LogP contribution is 2.17. The van der Waals surface area contributed by atoms with E-state index in [9.17, 15) is 0 Å². The van der Waals surface area contributed by atoms with E-state index in [4.69, 9.17) is 5.84 Å². The minimum atomic E-state index is 0.662. The normalized spacial score (nSPS) is 20.3. The number of aromatic nitrogens is 2. The molecule has 1 fully saturated rings. The third kappa shape index (κ3) is 4.04. The fraction of sp³-hybridized carbons (Fsp3) is 0.692. The van der Waals surface area contributed by atoms with E-state index in [0.29, 0.717) is 11.7 Å². The Balaban J connectivity index is 1.94. The highest BCUT2D eigenvalue weighted by molar-refractivity contribution is 5.46. The molecule has 19 heavy (non-hydrogen) atoms. The maximum atomic E-state index is 5.42. The highest BCUT2D eigenvalue weighted by atomic mass is 15.3. The Kier molecular flexibility index (Phi) is 4.93. The lowest BCUT2D eigenvalue weighted by atomic mass is 9.98. The molecule has 0 aliphatic carbocycles. The zero-order valence-corrected chi connectivity index (χ0v) is 11.8. The first-order chi connectivity index (χ1) is 9.21. The van der Waals surface area contributed by atoms with Crippen LogP contribution in [0.15, 0.2) is 6.07 Å². The number of rotatable bonds is 5. The van der Waals surface area contributed by atoms with Crippen molar-refractivity contribution in [2.24, 2.45) is 11.8 Å². The molecule has 1 aromatic heterocycles. The standard InChI is InChI=1S/C13H24N6/c1-3-11-16-12(7-13(17-11)18-14)15-8-10-5-4-6-19(2)9-10/h7,10H,3-6,8-9,14H2,1-2H3,(H2,15,16,17,18). The number of nitrogens with one attached hydrogen (secondary N) is 2. The summed E-state index contributed by atoms with van der Waals surface area (Å²) in [5.41, 5.74) is 2.59. The van der Waals surface area contributed by atoms with Gasteiger partial charge < -0.3 is 15.6 Å². The second-order valence-electron chi connectivity index (χ2n) is 5.20. The van der Waals surface area contributed by atoms with E-state index in [2.05, 4.69) is 32.7 Å². The van der Waals surface area contributed by atoms with Crippen LogP contribution in [0.3, 0.4) is 0 Å². The van der Waals surface area contributed by atoms with E-state index in [1.165, 1.54) is 19.4 Å². The Hall–Kier alpha value is -1.40. The number of likely N-dealkylation sites (tertiary alicyclic amines) is 1. The number of hydrogen-bond acceptors (Lipinski definition) is 6. The van der Waals surface area contributed by atoms with E-state index in [1.54, 1.807) is 0 Å². The summed E-state index contributed by atoms with van der Waals surface area (Å²) in [7, 11) is 2.18. The molecule has 1 aromatic rings. The first-order valence-corrected chi connectivity index (χ1v) is 6.98. The van der Waals surface area contributed by atoms with Crippen LogP contribution in [0.2, 0.25) is 0 Å². The van der Waals surface area contributed by atoms with Crippen molar-refractivity contribution in [1.82, 2.24) is 14.9 Å². The van der Waals surface area contributed by atoms with Crippen LogP contribution >= 0.6 is 0 Å². The maximum absolute atomic E-state index is 5.42. The van der Waals surface area contributed by atoms with Crippen LogP contribution in [-0.4, -0.2) is 41.5 Å². The molecule has 6 nitrogen and oxygen atoms in total. The second kappa shape index (κ2) is 6.68. The topological polar surface area (TPSA) is 79.1 Å². The predicted molar refractivity (Wildman–Crippen MR) is 77.9 cm³/mol. The number of nitrogen functional groups attached to an aromatic ring is 1. The predicted octanol–water partition coefficient (Wildman–Crippen LogP) is 1.08. The molecule has 0 bridgehead atoms. The van der Waals surface area contributed by atoms with Crippen molar-refractivity contribution >= 4 is 11.6 Å². The van der Waals surface area contributed by atoms with Crippen molar-refractivity contribution in [3.05, 3.63) is 11.9 Å². The summed E-state index contributed by atoms with van der Waals surface area (Å²) in [6.45, 7) is 5.36. The zero-order chi connectivity index (χ0) is 13.7. The lowest BCUT2D eigenvalue weighted by molar-refractivity contribution is 0.217. The van der Waals surface area contributed by atoms with Crippen LogP contribution in [0.25, 0.3) is 0 Å². The van der Waals surface area contributed by atoms with Crippen molar-refractivity contribution in [2.45, 2.75) is 26.2 Å². The third-order valence-corrected chi connectivity index (χ3v) is 3.53. The van der Waals surface area contributed by atoms with Crippen molar-refractivity contribution < 1.29 is 0 Å². The number of nitrogens with two attached hydrogens (primary N) is 1. The molecule has 0 radical (unpaired) electrons. The van der Waals surface area contributed by atoms with Crippen LogP contribution in [0, 0.1) is 5.92 Å². The SMILES string of the molecule is CCc1nc(NN)cc(NCC2CCCN(C)C2)n1. The van der Waals surface area contributed by atoms with Gasteiger partial charge in [0.25, 0.3) is 0 Å². The summed E-state index contributed by atoms with van der Waals surface area (Å²) in [5, 5.41) is 3.41. The van der Waals surface area contributed by atoms with Crippen molar-refractivity contribution in [1.29, 1.82) is 0 Å². The number of hydrogen-bond donors (Lipinski definition) is 3. The lowest BCUT2D eigenvalue weighted by Crippen LogP contribution is -2.35. The third-order valence-electron chi connectivity index (χ3n) is 3.53. The highest BCUT2D eigenvalue weighted by Gasteiger charge is 2.17. The van der Waals surface area contributed by atoms with Gasteiger partial charge in [0.05, 0.1) is 0 Å². The number of hydrazine groups is 1. The summed E-state index contributed by atoms with van der Waals surface area (Å²) in [5.74, 6) is 8.43. The molecule has 6 heteroatoms. The van der Waals surface area contributed by atoms with Gasteiger partial charge in [-0.3, -0.25) is 0 Å². The van der Waals surface area contributed by atoms with E-state index in [0.717, 1.165) is 31.2 Å². The van der Waals surface area contributed by atoms with Gasteiger partial charge in [0, 0.05) is 25.6 Å². The first kappa shape index (κ1) is 14.0. The summed E-state index contributed by atoms with van der Waals surface area (Å²) in [4.78, 5) is 11.1. The minimum Gasteiger partial charge on any atom is -0.370 e. The van der Waals surface area contributed by atoms with Crippen LogP contribution in [0.5, 0.6) is 0 Å². The second-order valence-corrected chi connectivity index (χ2v) is 5.20. The van der Waals surface area contributed by atoms with Gasteiger partial charge in [-0.25, -0.2) is 15.8 Å². The van der Waals surface area contributed by atoms with Gasteiger partial charge in [0.1, 0.15) is 17.5 Å². The van der Waals surface area contributed by atoms with E-state index >= 15 is 0 Å². The molecule has 106 valence electrons. The maximum Gasteiger partial charge on any atom is 0.145 e. The van der Waals surface area contributed by atoms with Crippen molar-refractivity contribution in [3.8, 4) is 0 Å². The molecule has 2 heterocycles. The minimum absolute atomic E-state index is 0.662. The van der Waals surface area contributed by atoms with Gasteiger partial charge in [0.15, 0.2) is 0 Å². The van der Waals surface area contributed by atoms with E-state index in [-0.39, 0.29) is 0 Å². The smallest absolute Gasteiger partial charge is 0.145 e. The molecule has 1 atom stereocenters. The first-order valence-electron chi connectivity index (χ1n) is 6.98. The summed E-state index contributed by atoms with van der Waals surface area (Å²) in [6, 6.07) is 1.85. The summed E-state index contributed by atoms with van der Waals surface area (Å²) < 4.78 is 0. The van der Waals surface area contributed by atoms with Crippen LogP contribution in [0.1, 0.15) is 25.6 Å². The fourth-order valence-electron chi connectivity index (χ4n) is 2.51. The lowest BCUT2D eigenvalue weighted by Gasteiger charge is -2.29. The summed E-state index contributed by atoms with van der Waals surface area (Å²) in [6.07, 6.45) is 3.36. The summed E-state index contributed by atoms with van der Waals surface area (Å²) >= 11 is 0. The Labute approximate surface area is 114 Å². The number of nitrogens with zero attached hydrogens (tertiary/aromatic N) is 3. The Morgan fingerprint density at radius 3 is 2.89 bits per heavy atom. The van der Waals surface area contributed by atoms with Crippen molar-refractivity contribution in [3.63, 3.8) is 0 Å². The van der Waals surface area contributed by atoms with Crippen LogP contribution in [-0.2, 0) is 6.42 Å². The molecule has 0 amide bonds. The molecular weight excluding hydrogens is 240 g/mol. The number of anilines is 2. The van der Waals surface area contributed by atoms with E-state index in [1.807, 2.05) is 13.0 Å². The number of piperidine rings is 1. The van der Waals surface area contributed by atoms with Crippen LogP contribution < -0.4 is 16.6 Å². The Morgan fingerprint density at radius 1 is 1.42 bits per heavy atom. The van der Waals surface area contributed by atoms with Gasteiger partial charge in [0.2, 0.25) is 0 Å². The molecule has 4 N–H and O–H groups in total. The zero-order valence-electron chi connectivity index (χ0n) is 11.8. The molecule has 0 spiro atoms. The monoisotopic (exact) mass is 264 g/mol. The van der Waals surface area contributed by atoms with Crippen molar-refractivity contribution in [2.75, 3.05) is 37.4 Å². The van der Waals surface area contributed by atoms with E-state index < -0.39 is 0 Å². The fourth-order valence-corrected chi connectivity index (χ4v) is 2.51. The molecular formula is C13H24N6. The molecule has 1 saturated heterocycles.